The van der Waals surface area contributed by atoms with E-state index in [0.29, 0.717) is 0 Å². The first-order valence-corrected chi connectivity index (χ1v) is 6.67. The summed E-state index contributed by atoms with van der Waals surface area (Å²) in [4.78, 5) is 0. The first-order valence-electron chi connectivity index (χ1n) is 5.87. The van der Waals surface area contributed by atoms with Gasteiger partial charge in [0.2, 0.25) is 0 Å². The Bertz CT molecular complexity index is 389. The average molecular weight is 300 g/mol. The second-order valence-electron chi connectivity index (χ2n) is 4.60. The van der Waals surface area contributed by atoms with Crippen LogP contribution < -0.4 is 10.1 Å². The van der Waals surface area contributed by atoms with Gasteiger partial charge in [0, 0.05) is 10.0 Å². The number of benzene rings is 1. The molecule has 0 bridgehead atoms. The van der Waals surface area contributed by atoms with Crippen molar-refractivity contribution in [2.75, 3.05) is 20.3 Å². The zero-order valence-corrected chi connectivity index (χ0v) is 11.6. The van der Waals surface area contributed by atoms with E-state index in [0.717, 1.165) is 41.6 Å². The molecule has 1 atom stereocenters. The zero-order chi connectivity index (χ0) is 12.3. The van der Waals surface area contributed by atoms with Crippen molar-refractivity contribution in [2.45, 2.75) is 24.8 Å². The second kappa shape index (κ2) is 5.38. The molecule has 0 radical (unpaired) electrons. The number of ether oxygens (including phenoxy) is 1. The molecule has 0 aliphatic carbocycles. The van der Waals surface area contributed by atoms with Crippen LogP contribution in [-0.4, -0.2) is 30.9 Å². The third-order valence-corrected chi connectivity index (χ3v) is 3.90. The topological polar surface area (TPSA) is 41.5 Å². The predicted molar refractivity (Wildman–Crippen MR) is 71.5 cm³/mol. The Morgan fingerprint density at radius 2 is 2.35 bits per heavy atom. The van der Waals surface area contributed by atoms with Gasteiger partial charge in [0.25, 0.3) is 0 Å². The van der Waals surface area contributed by atoms with E-state index in [1.807, 2.05) is 12.1 Å². The fourth-order valence-electron chi connectivity index (χ4n) is 2.46. The largest absolute Gasteiger partial charge is 0.496 e. The minimum atomic E-state index is -0.173. The van der Waals surface area contributed by atoms with E-state index in [2.05, 4.69) is 27.3 Å². The Morgan fingerprint density at radius 1 is 1.53 bits per heavy atom. The summed E-state index contributed by atoms with van der Waals surface area (Å²) in [7, 11) is 1.68. The normalized spacial score (nSPS) is 23.9. The SMILES string of the molecule is COc1ccc(Br)cc1CC1(CO)CCCN1. The number of hydrogen-bond acceptors (Lipinski definition) is 3. The maximum Gasteiger partial charge on any atom is 0.122 e. The van der Waals surface area contributed by atoms with Crippen LogP contribution in [-0.2, 0) is 6.42 Å². The van der Waals surface area contributed by atoms with E-state index in [4.69, 9.17) is 4.74 Å². The number of aliphatic hydroxyl groups is 1. The van der Waals surface area contributed by atoms with Gasteiger partial charge in [-0.15, -0.1) is 0 Å². The Labute approximate surface area is 110 Å². The third-order valence-electron chi connectivity index (χ3n) is 3.41. The molecule has 1 saturated heterocycles. The predicted octanol–water partition coefficient (Wildman–Crippen LogP) is 2.11. The maximum atomic E-state index is 9.60. The highest BCUT2D eigenvalue weighted by atomic mass is 79.9. The fraction of sp³-hybridized carbons (Fsp3) is 0.538. The number of nitrogens with one attached hydrogen (secondary N) is 1. The number of aliphatic hydroxyl groups excluding tert-OH is 1. The zero-order valence-electron chi connectivity index (χ0n) is 10.0. The lowest BCUT2D eigenvalue weighted by Gasteiger charge is -2.28. The van der Waals surface area contributed by atoms with Gasteiger partial charge in [-0.1, -0.05) is 15.9 Å². The number of rotatable bonds is 4. The molecule has 0 amide bonds. The van der Waals surface area contributed by atoms with Gasteiger partial charge in [-0.25, -0.2) is 0 Å². The maximum absolute atomic E-state index is 9.60. The van der Waals surface area contributed by atoms with Crippen LogP contribution in [0.3, 0.4) is 0 Å². The highest BCUT2D eigenvalue weighted by molar-refractivity contribution is 9.10. The van der Waals surface area contributed by atoms with Crippen LogP contribution in [0.25, 0.3) is 0 Å². The number of methoxy groups -OCH3 is 1. The summed E-state index contributed by atoms with van der Waals surface area (Å²) in [5.74, 6) is 0.884. The van der Waals surface area contributed by atoms with Crippen LogP contribution in [0.15, 0.2) is 22.7 Å². The molecular weight excluding hydrogens is 282 g/mol. The van der Waals surface area contributed by atoms with Gasteiger partial charge in [0.1, 0.15) is 5.75 Å². The molecule has 17 heavy (non-hydrogen) atoms. The Morgan fingerprint density at radius 3 is 2.94 bits per heavy atom. The number of hydrogen-bond donors (Lipinski definition) is 2. The van der Waals surface area contributed by atoms with Gasteiger partial charge in [-0.2, -0.15) is 0 Å². The molecule has 0 aromatic heterocycles. The summed E-state index contributed by atoms with van der Waals surface area (Å²) in [6.07, 6.45) is 2.93. The van der Waals surface area contributed by atoms with Crippen LogP contribution in [0.1, 0.15) is 18.4 Å². The third kappa shape index (κ3) is 2.81. The van der Waals surface area contributed by atoms with E-state index < -0.39 is 0 Å². The highest BCUT2D eigenvalue weighted by Crippen LogP contribution is 2.30. The van der Waals surface area contributed by atoms with Crippen LogP contribution in [0.4, 0.5) is 0 Å². The second-order valence-corrected chi connectivity index (χ2v) is 5.52. The lowest BCUT2D eigenvalue weighted by Crippen LogP contribution is -2.45. The van der Waals surface area contributed by atoms with E-state index in [-0.39, 0.29) is 12.1 Å². The molecule has 1 heterocycles. The Kier molecular flexibility index (Phi) is 4.07. The van der Waals surface area contributed by atoms with Crippen molar-refractivity contribution in [1.82, 2.24) is 5.32 Å². The quantitative estimate of drug-likeness (QED) is 0.895. The molecule has 4 heteroatoms. The summed E-state index contributed by atoms with van der Waals surface area (Å²) >= 11 is 3.48. The summed E-state index contributed by atoms with van der Waals surface area (Å²) in [6, 6.07) is 5.99. The molecular formula is C13H18BrNO2. The standard InChI is InChI=1S/C13H18BrNO2/c1-17-12-4-3-11(14)7-10(12)8-13(9-16)5-2-6-15-13/h3-4,7,15-16H,2,5-6,8-9H2,1H3. The average Bonchev–Trinajstić information content (AvgIpc) is 2.79. The fourth-order valence-corrected chi connectivity index (χ4v) is 2.87. The molecule has 2 rings (SSSR count). The molecule has 1 aliphatic heterocycles. The Balaban J connectivity index is 2.24. The minimum Gasteiger partial charge on any atom is -0.496 e. The van der Waals surface area contributed by atoms with Gasteiger partial charge in [0.05, 0.1) is 13.7 Å². The minimum absolute atomic E-state index is 0.169. The van der Waals surface area contributed by atoms with Crippen LogP contribution in [0.2, 0.25) is 0 Å². The summed E-state index contributed by atoms with van der Waals surface area (Å²) < 4.78 is 6.41. The van der Waals surface area contributed by atoms with Crippen LogP contribution in [0.5, 0.6) is 5.75 Å². The molecule has 1 unspecified atom stereocenters. The van der Waals surface area contributed by atoms with Crippen LogP contribution in [0, 0.1) is 0 Å². The monoisotopic (exact) mass is 299 g/mol. The molecule has 2 N–H and O–H groups in total. The van der Waals surface area contributed by atoms with Crippen LogP contribution >= 0.6 is 15.9 Å². The van der Waals surface area contributed by atoms with E-state index in [1.54, 1.807) is 7.11 Å². The van der Waals surface area contributed by atoms with E-state index in [9.17, 15) is 5.11 Å². The molecule has 3 nitrogen and oxygen atoms in total. The molecule has 94 valence electrons. The van der Waals surface area contributed by atoms with E-state index >= 15 is 0 Å². The van der Waals surface area contributed by atoms with Gasteiger partial charge in [-0.3, -0.25) is 0 Å². The summed E-state index contributed by atoms with van der Waals surface area (Å²) in [5, 5.41) is 13.0. The molecule has 1 fully saturated rings. The van der Waals surface area contributed by atoms with Crippen molar-refractivity contribution in [2.24, 2.45) is 0 Å². The molecule has 0 spiro atoms. The van der Waals surface area contributed by atoms with Crippen molar-refractivity contribution < 1.29 is 9.84 Å². The first-order chi connectivity index (χ1) is 8.19. The number of halogens is 1. The van der Waals surface area contributed by atoms with Gasteiger partial charge < -0.3 is 15.2 Å². The molecule has 0 saturated carbocycles. The first kappa shape index (κ1) is 12.9. The highest BCUT2D eigenvalue weighted by Gasteiger charge is 2.33. The van der Waals surface area contributed by atoms with Gasteiger partial charge >= 0.3 is 0 Å². The smallest absolute Gasteiger partial charge is 0.122 e. The lowest BCUT2D eigenvalue weighted by atomic mass is 9.90. The lowest BCUT2D eigenvalue weighted by molar-refractivity contribution is 0.176. The van der Waals surface area contributed by atoms with Crippen molar-refractivity contribution >= 4 is 15.9 Å². The van der Waals surface area contributed by atoms with Crippen molar-refractivity contribution in [3.05, 3.63) is 28.2 Å². The van der Waals surface area contributed by atoms with Crippen molar-refractivity contribution in [3.63, 3.8) is 0 Å². The van der Waals surface area contributed by atoms with Crippen molar-refractivity contribution in [1.29, 1.82) is 0 Å². The Hall–Kier alpha value is -0.580. The summed E-state index contributed by atoms with van der Waals surface area (Å²) in [6.45, 7) is 1.15. The van der Waals surface area contributed by atoms with Crippen molar-refractivity contribution in [3.8, 4) is 5.75 Å². The van der Waals surface area contributed by atoms with E-state index in [1.165, 1.54) is 0 Å². The molecule has 1 aromatic carbocycles. The van der Waals surface area contributed by atoms with Gasteiger partial charge in [-0.05, 0) is 49.6 Å². The summed E-state index contributed by atoms with van der Waals surface area (Å²) in [5.41, 5.74) is 0.957. The molecule has 1 aliphatic rings. The molecule has 1 aromatic rings. The van der Waals surface area contributed by atoms with Gasteiger partial charge in [0.15, 0.2) is 0 Å².